The fraction of sp³-hybridized carbons (Fsp3) is 0.333. The Morgan fingerprint density at radius 2 is 1.70 bits per heavy atom. The Balaban J connectivity index is 1.69. The molecule has 1 atom stereocenters. The summed E-state index contributed by atoms with van der Waals surface area (Å²) in [5, 5.41) is 6.70. The Kier molecular flexibility index (Phi) is 6.78. The third-order valence-corrected chi connectivity index (χ3v) is 8.23. The molecule has 2 aromatic carbocycles. The van der Waals surface area contributed by atoms with Crippen molar-refractivity contribution in [3.8, 4) is 0 Å². The highest BCUT2D eigenvalue weighted by Crippen LogP contribution is 2.44. The molecule has 0 radical (unpaired) electrons. The van der Waals surface area contributed by atoms with E-state index in [2.05, 4.69) is 47.3 Å². The number of hydrogen-bond donors (Lipinski definition) is 2. The van der Waals surface area contributed by atoms with Crippen molar-refractivity contribution in [2.24, 2.45) is 11.3 Å². The van der Waals surface area contributed by atoms with E-state index in [-0.39, 0.29) is 17.2 Å². The van der Waals surface area contributed by atoms with E-state index in [4.69, 9.17) is 0 Å². The summed E-state index contributed by atoms with van der Waals surface area (Å²) in [6, 6.07) is 15.1. The normalized spacial score (nSPS) is 15.6. The summed E-state index contributed by atoms with van der Waals surface area (Å²) in [5.74, 6) is 0.147. The second kappa shape index (κ2) is 9.43. The molecule has 2 amide bonds. The molecule has 4 rings (SSSR count). The van der Waals surface area contributed by atoms with Crippen LogP contribution in [0.25, 0.3) is 0 Å². The Morgan fingerprint density at radius 3 is 2.36 bits per heavy atom. The van der Waals surface area contributed by atoms with E-state index in [1.165, 1.54) is 4.88 Å². The first kappa shape index (κ1) is 23.7. The van der Waals surface area contributed by atoms with Gasteiger partial charge < -0.3 is 10.6 Å². The fourth-order valence-electron chi connectivity index (χ4n) is 4.30. The first-order chi connectivity index (χ1) is 15.6. The van der Waals surface area contributed by atoms with E-state index < -0.39 is 0 Å². The van der Waals surface area contributed by atoms with Gasteiger partial charge in [0, 0.05) is 15.0 Å². The van der Waals surface area contributed by atoms with E-state index in [1.807, 2.05) is 49.4 Å². The lowest BCUT2D eigenvalue weighted by Crippen LogP contribution is -2.27. The first-order valence-corrected chi connectivity index (χ1v) is 12.8. The molecule has 3 aromatic rings. The van der Waals surface area contributed by atoms with Crippen molar-refractivity contribution in [1.82, 2.24) is 0 Å². The van der Waals surface area contributed by atoms with Crippen molar-refractivity contribution in [3.05, 3.63) is 80.1 Å². The zero-order valence-electron chi connectivity index (χ0n) is 19.4. The van der Waals surface area contributed by atoms with Crippen LogP contribution in [0.5, 0.6) is 0 Å². The molecule has 1 aliphatic rings. The summed E-state index contributed by atoms with van der Waals surface area (Å²) in [6.45, 7) is 8.84. The fourth-order valence-corrected chi connectivity index (χ4v) is 6.08. The Hall–Kier alpha value is -2.44. The molecule has 2 N–H and O–H groups in total. The zero-order valence-corrected chi connectivity index (χ0v) is 21.8. The molecule has 0 aliphatic heterocycles. The maximum absolute atomic E-state index is 13.5. The lowest BCUT2D eigenvalue weighted by molar-refractivity contribution is 0.102. The van der Waals surface area contributed by atoms with E-state index in [0.717, 1.165) is 40.5 Å². The monoisotopic (exact) mass is 524 g/mol. The number of benzene rings is 2. The van der Waals surface area contributed by atoms with E-state index >= 15 is 0 Å². The second-order valence-corrected chi connectivity index (χ2v) is 11.7. The predicted octanol–water partition coefficient (Wildman–Crippen LogP) is 7.47. The van der Waals surface area contributed by atoms with E-state index in [0.29, 0.717) is 22.0 Å². The molecule has 1 heterocycles. The third kappa shape index (κ3) is 5.22. The van der Waals surface area contributed by atoms with Crippen LogP contribution in [0.4, 0.5) is 10.7 Å². The minimum Gasteiger partial charge on any atom is -0.322 e. The summed E-state index contributed by atoms with van der Waals surface area (Å²) in [6.07, 6.45) is 2.81. The molecule has 1 aromatic heterocycles. The van der Waals surface area contributed by atoms with Gasteiger partial charge in [-0.1, -0.05) is 50.6 Å². The van der Waals surface area contributed by atoms with E-state index in [9.17, 15) is 9.59 Å². The van der Waals surface area contributed by atoms with Crippen LogP contribution in [-0.4, -0.2) is 11.8 Å². The molecule has 0 saturated carbocycles. The average molecular weight is 526 g/mol. The first-order valence-electron chi connectivity index (χ1n) is 11.2. The lowest BCUT2D eigenvalue weighted by atomic mass is 9.72. The molecule has 0 bridgehead atoms. The highest BCUT2D eigenvalue weighted by molar-refractivity contribution is 9.10. The number of amides is 2. The van der Waals surface area contributed by atoms with Crippen molar-refractivity contribution in [2.45, 2.75) is 47.0 Å². The van der Waals surface area contributed by atoms with Crippen molar-refractivity contribution in [1.29, 1.82) is 0 Å². The van der Waals surface area contributed by atoms with Gasteiger partial charge in [-0.3, -0.25) is 9.59 Å². The van der Waals surface area contributed by atoms with Crippen LogP contribution in [-0.2, 0) is 12.8 Å². The van der Waals surface area contributed by atoms with Crippen LogP contribution < -0.4 is 10.6 Å². The van der Waals surface area contributed by atoms with Gasteiger partial charge in [-0.15, -0.1) is 11.3 Å². The lowest BCUT2D eigenvalue weighted by Gasteiger charge is -2.33. The number of halogens is 1. The predicted molar refractivity (Wildman–Crippen MR) is 141 cm³/mol. The van der Waals surface area contributed by atoms with Gasteiger partial charge in [0.25, 0.3) is 11.8 Å². The Bertz CT molecular complexity index is 1190. The summed E-state index contributed by atoms with van der Waals surface area (Å²) in [7, 11) is 0. The van der Waals surface area contributed by atoms with Gasteiger partial charge in [0.05, 0.1) is 11.1 Å². The number of fused-ring (bicyclic) bond motifs is 1. The third-order valence-electron chi connectivity index (χ3n) is 6.37. The van der Waals surface area contributed by atoms with Gasteiger partial charge in [-0.05, 0) is 83.3 Å². The maximum Gasteiger partial charge on any atom is 0.258 e. The molecular weight excluding hydrogens is 496 g/mol. The summed E-state index contributed by atoms with van der Waals surface area (Å²) in [5.41, 5.74) is 4.30. The zero-order chi connectivity index (χ0) is 23.8. The van der Waals surface area contributed by atoms with E-state index in [1.54, 1.807) is 17.4 Å². The second-order valence-electron chi connectivity index (χ2n) is 9.77. The Labute approximate surface area is 207 Å². The average Bonchev–Trinajstić information content (AvgIpc) is 3.12. The van der Waals surface area contributed by atoms with Crippen molar-refractivity contribution >= 4 is 49.8 Å². The van der Waals surface area contributed by atoms with Crippen LogP contribution in [0, 0.1) is 18.3 Å². The van der Waals surface area contributed by atoms with Gasteiger partial charge in [-0.25, -0.2) is 0 Å². The molecule has 1 unspecified atom stereocenters. The van der Waals surface area contributed by atoms with Crippen LogP contribution >= 0.6 is 27.3 Å². The standard InChI is InChI=1S/C27H29BrN2O2S/c1-16-9-12-18(13-10-16)29-25(32)23-20-14-11-17(27(2,3)4)15-22(20)33-26(23)30-24(31)19-7-5-6-8-21(19)28/h5-10,12-13,17H,11,14-15H2,1-4H3,(H,29,32)(H,30,31). The number of aryl methyl sites for hydroxylation is 1. The number of thiophene rings is 1. The van der Waals surface area contributed by atoms with Gasteiger partial charge in [-0.2, -0.15) is 0 Å². The number of rotatable bonds is 4. The Morgan fingerprint density at radius 1 is 1.00 bits per heavy atom. The van der Waals surface area contributed by atoms with Crippen LogP contribution in [0.3, 0.4) is 0 Å². The number of hydrogen-bond acceptors (Lipinski definition) is 3. The minimum atomic E-state index is -0.224. The van der Waals surface area contributed by atoms with Crippen molar-refractivity contribution in [3.63, 3.8) is 0 Å². The molecule has 1 aliphatic carbocycles. The van der Waals surface area contributed by atoms with Gasteiger partial charge in [0.1, 0.15) is 5.00 Å². The largest absolute Gasteiger partial charge is 0.322 e. The molecule has 33 heavy (non-hydrogen) atoms. The highest BCUT2D eigenvalue weighted by atomic mass is 79.9. The smallest absolute Gasteiger partial charge is 0.258 e. The van der Waals surface area contributed by atoms with Crippen LogP contribution in [0.15, 0.2) is 53.0 Å². The molecule has 0 fully saturated rings. The molecule has 172 valence electrons. The quantitative estimate of drug-likeness (QED) is 0.371. The summed E-state index contributed by atoms with van der Waals surface area (Å²) < 4.78 is 0.724. The van der Waals surface area contributed by atoms with Crippen molar-refractivity contribution < 1.29 is 9.59 Å². The maximum atomic E-state index is 13.5. The number of nitrogens with one attached hydrogen (secondary N) is 2. The highest BCUT2D eigenvalue weighted by Gasteiger charge is 2.34. The SMILES string of the molecule is Cc1ccc(NC(=O)c2c(NC(=O)c3ccccc3Br)sc3c2CCC(C(C)(C)C)C3)cc1. The summed E-state index contributed by atoms with van der Waals surface area (Å²) >= 11 is 5.00. The van der Waals surface area contributed by atoms with Crippen molar-refractivity contribution in [2.75, 3.05) is 10.6 Å². The molecule has 6 heteroatoms. The minimum absolute atomic E-state index is 0.173. The van der Waals surface area contributed by atoms with Gasteiger partial charge in [0.15, 0.2) is 0 Å². The molecule has 0 spiro atoms. The molecule has 4 nitrogen and oxygen atoms in total. The number of carbonyl (C=O) groups is 2. The number of anilines is 2. The van der Waals surface area contributed by atoms with Crippen LogP contribution in [0.2, 0.25) is 0 Å². The number of carbonyl (C=O) groups excluding carboxylic acids is 2. The topological polar surface area (TPSA) is 58.2 Å². The molecule has 0 saturated heterocycles. The molecular formula is C27H29BrN2O2S. The van der Waals surface area contributed by atoms with Gasteiger partial charge in [0.2, 0.25) is 0 Å². The van der Waals surface area contributed by atoms with Crippen LogP contribution in [0.1, 0.15) is 63.9 Å². The summed E-state index contributed by atoms with van der Waals surface area (Å²) in [4.78, 5) is 27.7. The van der Waals surface area contributed by atoms with Gasteiger partial charge >= 0.3 is 0 Å².